The zero-order chi connectivity index (χ0) is 13.0. The summed E-state index contributed by atoms with van der Waals surface area (Å²) < 4.78 is 0. The van der Waals surface area contributed by atoms with Crippen LogP contribution in [0, 0.1) is 13.8 Å². The molecule has 0 aromatic heterocycles. The van der Waals surface area contributed by atoms with Gasteiger partial charge in [-0.3, -0.25) is 0 Å². The molecular formula is C16H28. The Hall–Kier alpha value is -1.04. The van der Waals surface area contributed by atoms with E-state index in [0.29, 0.717) is 0 Å². The van der Waals surface area contributed by atoms with Crippen LogP contribution in [0.5, 0.6) is 0 Å². The highest BCUT2D eigenvalue weighted by Crippen LogP contribution is 2.09. The maximum absolute atomic E-state index is 2.24. The van der Waals surface area contributed by atoms with Crippen LogP contribution in [-0.4, -0.2) is 0 Å². The first kappa shape index (κ1) is 17.4. The highest BCUT2D eigenvalue weighted by molar-refractivity contribution is 5.29. The molecule has 16 heavy (non-hydrogen) atoms. The predicted molar refractivity (Wildman–Crippen MR) is 77.1 cm³/mol. The molecular weight excluding hydrogens is 192 g/mol. The maximum atomic E-state index is 2.24. The Bertz CT molecular complexity index is 262. The van der Waals surface area contributed by atoms with Gasteiger partial charge in [0.25, 0.3) is 0 Å². The summed E-state index contributed by atoms with van der Waals surface area (Å²) in [5, 5.41) is 0. The fourth-order valence-electron chi connectivity index (χ4n) is 1.44. The Kier molecular flexibility index (Phi) is 13.1. The molecule has 1 aromatic carbocycles. The van der Waals surface area contributed by atoms with E-state index in [2.05, 4.69) is 51.1 Å². The van der Waals surface area contributed by atoms with Crippen LogP contribution in [0.3, 0.4) is 0 Å². The molecule has 0 heteroatoms. The summed E-state index contributed by atoms with van der Waals surface area (Å²) in [6.45, 7) is 14.3. The predicted octanol–water partition coefficient (Wildman–Crippen LogP) is 5.47. The van der Waals surface area contributed by atoms with Crippen LogP contribution < -0.4 is 0 Å². The van der Waals surface area contributed by atoms with E-state index in [4.69, 9.17) is 0 Å². The summed E-state index contributed by atoms with van der Waals surface area (Å²) in [5.74, 6) is 0. The van der Waals surface area contributed by atoms with Gasteiger partial charge >= 0.3 is 0 Å². The van der Waals surface area contributed by atoms with E-state index in [1.807, 2.05) is 27.7 Å². The van der Waals surface area contributed by atoms with Crippen LogP contribution in [-0.2, 0) is 6.42 Å². The first-order valence-electron chi connectivity index (χ1n) is 6.40. The van der Waals surface area contributed by atoms with Crippen molar-refractivity contribution in [1.29, 1.82) is 0 Å². The second kappa shape index (κ2) is 12.0. The molecule has 0 saturated heterocycles. The summed E-state index contributed by atoms with van der Waals surface area (Å²) in [7, 11) is 0. The quantitative estimate of drug-likeness (QED) is 0.579. The van der Waals surface area contributed by atoms with Gasteiger partial charge in [-0.05, 0) is 32.8 Å². The van der Waals surface area contributed by atoms with Crippen molar-refractivity contribution >= 4 is 0 Å². The molecule has 0 bridgehead atoms. The monoisotopic (exact) mass is 220 g/mol. The number of hydrogen-bond donors (Lipinski definition) is 0. The fraction of sp³-hybridized carbons (Fsp3) is 0.500. The van der Waals surface area contributed by atoms with E-state index in [-0.39, 0.29) is 0 Å². The smallest absolute Gasteiger partial charge is 0.00974 e. The second-order valence-electron chi connectivity index (χ2n) is 3.27. The van der Waals surface area contributed by atoms with E-state index >= 15 is 0 Å². The summed E-state index contributed by atoms with van der Waals surface area (Å²) in [5.41, 5.74) is 4.12. The van der Waals surface area contributed by atoms with Crippen LogP contribution in [0.25, 0.3) is 0 Å². The molecule has 0 spiro atoms. The average molecular weight is 220 g/mol. The van der Waals surface area contributed by atoms with Gasteiger partial charge in [0.05, 0.1) is 0 Å². The largest absolute Gasteiger partial charge is 0.0913 e. The van der Waals surface area contributed by atoms with E-state index < -0.39 is 0 Å². The van der Waals surface area contributed by atoms with E-state index in [1.165, 1.54) is 16.7 Å². The molecule has 0 atom stereocenters. The lowest BCUT2D eigenvalue weighted by atomic mass is 10.1. The summed E-state index contributed by atoms with van der Waals surface area (Å²) in [6, 6.07) is 6.69. The third-order valence-electron chi connectivity index (χ3n) is 1.87. The Morgan fingerprint density at radius 3 is 1.69 bits per heavy atom. The molecule has 0 amide bonds. The Labute approximate surface area is 102 Å². The maximum Gasteiger partial charge on any atom is -0.00974 e. The molecule has 0 heterocycles. The summed E-state index contributed by atoms with van der Waals surface area (Å²) >= 11 is 0. The third kappa shape index (κ3) is 8.28. The SMILES string of the molecule is C/C=C\Cc1cc(C)cc(C)c1.CC.CC. The molecule has 1 aromatic rings. The number of benzene rings is 1. The number of rotatable bonds is 2. The minimum atomic E-state index is 1.05. The minimum absolute atomic E-state index is 1.05. The minimum Gasteiger partial charge on any atom is -0.0913 e. The van der Waals surface area contributed by atoms with Crippen molar-refractivity contribution < 1.29 is 0 Å². The molecule has 0 radical (unpaired) electrons. The van der Waals surface area contributed by atoms with Crippen molar-refractivity contribution in [2.75, 3.05) is 0 Å². The van der Waals surface area contributed by atoms with Gasteiger partial charge in [-0.1, -0.05) is 69.2 Å². The van der Waals surface area contributed by atoms with Crippen molar-refractivity contribution in [3.63, 3.8) is 0 Å². The average Bonchev–Trinajstić information content (AvgIpc) is 2.30. The third-order valence-corrected chi connectivity index (χ3v) is 1.87. The van der Waals surface area contributed by atoms with Gasteiger partial charge in [-0.25, -0.2) is 0 Å². The van der Waals surface area contributed by atoms with Crippen LogP contribution >= 0.6 is 0 Å². The van der Waals surface area contributed by atoms with Crippen molar-refractivity contribution in [3.05, 3.63) is 47.0 Å². The molecule has 0 N–H and O–H groups in total. The summed E-state index contributed by atoms with van der Waals surface area (Å²) in [4.78, 5) is 0. The Morgan fingerprint density at radius 2 is 1.31 bits per heavy atom. The molecule has 0 unspecified atom stereocenters. The first-order valence-corrected chi connectivity index (χ1v) is 6.40. The Morgan fingerprint density at radius 1 is 0.875 bits per heavy atom. The highest BCUT2D eigenvalue weighted by atomic mass is 14.0. The van der Waals surface area contributed by atoms with Crippen LogP contribution in [0.1, 0.15) is 51.3 Å². The molecule has 0 aliphatic carbocycles. The van der Waals surface area contributed by atoms with Crippen molar-refractivity contribution in [2.45, 2.75) is 54.9 Å². The first-order chi connectivity index (χ1) is 7.72. The lowest BCUT2D eigenvalue weighted by Gasteiger charge is -2.01. The number of hydrogen-bond acceptors (Lipinski definition) is 0. The molecule has 0 nitrogen and oxygen atoms in total. The van der Waals surface area contributed by atoms with Crippen LogP contribution in [0.4, 0.5) is 0 Å². The molecule has 1 rings (SSSR count). The highest BCUT2D eigenvalue weighted by Gasteiger charge is 1.92. The molecule has 0 fully saturated rings. The van der Waals surface area contributed by atoms with Gasteiger partial charge in [0.1, 0.15) is 0 Å². The van der Waals surface area contributed by atoms with Crippen LogP contribution in [0.15, 0.2) is 30.4 Å². The topological polar surface area (TPSA) is 0 Å². The summed E-state index contributed by atoms with van der Waals surface area (Å²) in [6.07, 6.45) is 5.34. The van der Waals surface area contributed by atoms with Gasteiger partial charge < -0.3 is 0 Å². The van der Waals surface area contributed by atoms with Gasteiger partial charge in [-0.2, -0.15) is 0 Å². The van der Waals surface area contributed by atoms with E-state index in [1.54, 1.807) is 0 Å². The number of aryl methyl sites for hydroxylation is 2. The Balaban J connectivity index is 0. The molecule has 0 aliphatic heterocycles. The number of allylic oxidation sites excluding steroid dienone is 2. The van der Waals surface area contributed by atoms with Gasteiger partial charge in [0.2, 0.25) is 0 Å². The standard InChI is InChI=1S/C12H16.2C2H6/c1-4-5-6-12-8-10(2)7-11(3)9-12;2*1-2/h4-5,7-9H,6H2,1-3H3;2*1-2H3/b5-4-;;. The van der Waals surface area contributed by atoms with E-state index in [0.717, 1.165) is 6.42 Å². The van der Waals surface area contributed by atoms with Crippen molar-refractivity contribution in [3.8, 4) is 0 Å². The van der Waals surface area contributed by atoms with Gasteiger partial charge in [0.15, 0.2) is 0 Å². The lowest BCUT2D eigenvalue weighted by molar-refractivity contribution is 1.22. The second-order valence-corrected chi connectivity index (χ2v) is 3.27. The fourth-order valence-corrected chi connectivity index (χ4v) is 1.44. The zero-order valence-corrected chi connectivity index (χ0v) is 12.1. The molecule has 92 valence electrons. The molecule has 0 saturated carbocycles. The zero-order valence-electron chi connectivity index (χ0n) is 12.1. The van der Waals surface area contributed by atoms with Crippen molar-refractivity contribution in [2.24, 2.45) is 0 Å². The van der Waals surface area contributed by atoms with Gasteiger partial charge in [-0.15, -0.1) is 0 Å². The lowest BCUT2D eigenvalue weighted by Crippen LogP contribution is -1.84. The molecule has 0 aliphatic rings. The normalized spacial score (nSPS) is 8.94. The van der Waals surface area contributed by atoms with Crippen LogP contribution in [0.2, 0.25) is 0 Å². The van der Waals surface area contributed by atoms with Gasteiger partial charge in [0, 0.05) is 0 Å². The van der Waals surface area contributed by atoms with E-state index in [9.17, 15) is 0 Å². The van der Waals surface area contributed by atoms with Crippen molar-refractivity contribution in [1.82, 2.24) is 0 Å².